The Morgan fingerprint density at radius 2 is 2.19 bits per heavy atom. The van der Waals surface area contributed by atoms with E-state index < -0.39 is 0 Å². The quantitative estimate of drug-likeness (QED) is 0.478. The minimum Gasteiger partial charge on any atom is -0.858 e. The van der Waals surface area contributed by atoms with Gasteiger partial charge in [0.1, 0.15) is 0 Å². The lowest BCUT2D eigenvalue weighted by atomic mass is 10.1. The van der Waals surface area contributed by atoms with Crippen molar-refractivity contribution in [1.82, 2.24) is 5.27 Å². The van der Waals surface area contributed by atoms with Gasteiger partial charge in [-0.05, 0) is 37.6 Å². The van der Waals surface area contributed by atoms with Crippen molar-refractivity contribution in [2.45, 2.75) is 32.2 Å². The van der Waals surface area contributed by atoms with E-state index in [1.54, 1.807) is 35.3 Å². The number of rotatable bonds is 3. The molecule has 110 valence electrons. The second kappa shape index (κ2) is 5.95. The third kappa shape index (κ3) is 3.04. The zero-order valence-corrected chi connectivity index (χ0v) is 12.0. The van der Waals surface area contributed by atoms with Crippen LogP contribution in [-0.4, -0.2) is 23.8 Å². The normalized spacial score (nSPS) is 19.8. The SMILES string of the molecule is CC1CCCCN1[n+]1cc(N=C([O-])c2ccccc2)on1. The highest BCUT2D eigenvalue weighted by atomic mass is 16.5. The summed E-state index contributed by atoms with van der Waals surface area (Å²) < 4.78 is 5.14. The first kappa shape index (κ1) is 13.6. The minimum atomic E-state index is -0.328. The summed E-state index contributed by atoms with van der Waals surface area (Å²) in [5.74, 6) is -0.104. The van der Waals surface area contributed by atoms with Crippen LogP contribution < -0.4 is 14.9 Å². The zero-order valence-electron chi connectivity index (χ0n) is 12.0. The standard InChI is InChI=1S/C15H18N4O2/c1-12-7-5-6-10-18(12)19-11-14(21-17-19)16-15(20)13-8-3-2-4-9-13/h2-4,8-9,11-12H,5-7,10H2,1H3. The molecule has 1 aliphatic rings. The van der Waals surface area contributed by atoms with Crippen LogP contribution in [0.15, 0.2) is 46.0 Å². The van der Waals surface area contributed by atoms with Crippen LogP contribution >= 0.6 is 0 Å². The van der Waals surface area contributed by atoms with Crippen molar-refractivity contribution in [3.8, 4) is 0 Å². The van der Waals surface area contributed by atoms with Crippen LogP contribution in [0.2, 0.25) is 0 Å². The first-order valence-electron chi connectivity index (χ1n) is 7.21. The molecule has 1 saturated heterocycles. The Bertz CT molecular complexity index is 624. The Labute approximate surface area is 123 Å². The van der Waals surface area contributed by atoms with Crippen molar-refractivity contribution in [1.29, 1.82) is 0 Å². The van der Waals surface area contributed by atoms with E-state index in [-0.39, 0.29) is 11.8 Å². The molecule has 2 heterocycles. The molecule has 2 aromatic rings. The summed E-state index contributed by atoms with van der Waals surface area (Å²) in [5.41, 5.74) is 0.534. The van der Waals surface area contributed by atoms with Crippen LogP contribution in [0.3, 0.4) is 0 Å². The van der Waals surface area contributed by atoms with Crippen LogP contribution in [-0.2, 0) is 0 Å². The molecular formula is C15H18N4O2. The predicted octanol–water partition coefficient (Wildman–Crippen LogP) is 0.911. The summed E-state index contributed by atoms with van der Waals surface area (Å²) in [7, 11) is 0. The van der Waals surface area contributed by atoms with Gasteiger partial charge >= 0.3 is 5.88 Å². The third-order valence-corrected chi connectivity index (χ3v) is 3.71. The molecule has 0 aliphatic carbocycles. The van der Waals surface area contributed by atoms with Gasteiger partial charge in [0.15, 0.2) is 0 Å². The fourth-order valence-corrected chi connectivity index (χ4v) is 2.53. The van der Waals surface area contributed by atoms with Crippen LogP contribution in [0.5, 0.6) is 0 Å². The maximum Gasteiger partial charge on any atom is 0.324 e. The van der Waals surface area contributed by atoms with Crippen LogP contribution in [0, 0.1) is 0 Å². The van der Waals surface area contributed by atoms with E-state index in [0.717, 1.165) is 19.4 Å². The molecule has 1 aromatic carbocycles. The number of hydrogen-bond donors (Lipinski definition) is 0. The van der Waals surface area contributed by atoms with Crippen molar-refractivity contribution in [3.05, 3.63) is 42.1 Å². The fourth-order valence-electron chi connectivity index (χ4n) is 2.53. The monoisotopic (exact) mass is 286 g/mol. The van der Waals surface area contributed by atoms with E-state index in [1.807, 2.05) is 6.07 Å². The number of nitrogens with zero attached hydrogens (tertiary/aromatic N) is 4. The van der Waals surface area contributed by atoms with Crippen molar-refractivity contribution in [2.24, 2.45) is 4.99 Å². The van der Waals surface area contributed by atoms with E-state index >= 15 is 0 Å². The highest BCUT2D eigenvalue weighted by Gasteiger charge is 2.28. The predicted molar refractivity (Wildman–Crippen MR) is 75.7 cm³/mol. The van der Waals surface area contributed by atoms with Gasteiger partial charge in [-0.15, -0.1) is 0 Å². The third-order valence-electron chi connectivity index (χ3n) is 3.71. The second-order valence-electron chi connectivity index (χ2n) is 5.25. The van der Waals surface area contributed by atoms with Crippen molar-refractivity contribution >= 4 is 11.8 Å². The molecule has 0 N–H and O–H groups in total. The molecule has 21 heavy (non-hydrogen) atoms. The molecule has 1 atom stereocenters. The molecule has 0 bridgehead atoms. The Morgan fingerprint density at radius 1 is 1.38 bits per heavy atom. The van der Waals surface area contributed by atoms with E-state index in [9.17, 15) is 5.11 Å². The smallest absolute Gasteiger partial charge is 0.324 e. The molecule has 1 unspecified atom stereocenters. The fraction of sp³-hybridized carbons (Fsp3) is 0.400. The Kier molecular flexibility index (Phi) is 3.85. The number of aromatic nitrogens is 2. The molecule has 0 radical (unpaired) electrons. The minimum absolute atomic E-state index is 0.224. The molecule has 3 rings (SSSR count). The van der Waals surface area contributed by atoms with Crippen LogP contribution in [0.25, 0.3) is 0 Å². The van der Waals surface area contributed by atoms with E-state index in [2.05, 4.69) is 22.2 Å². The van der Waals surface area contributed by atoms with Crippen molar-refractivity contribution in [3.63, 3.8) is 0 Å². The van der Waals surface area contributed by atoms with E-state index in [0.29, 0.717) is 11.6 Å². The van der Waals surface area contributed by atoms with E-state index in [1.165, 1.54) is 6.42 Å². The first-order valence-corrected chi connectivity index (χ1v) is 7.21. The summed E-state index contributed by atoms with van der Waals surface area (Å²) in [6.45, 7) is 3.09. The van der Waals surface area contributed by atoms with Crippen molar-refractivity contribution < 1.29 is 14.4 Å². The van der Waals surface area contributed by atoms with Gasteiger partial charge in [0.05, 0.1) is 17.4 Å². The summed E-state index contributed by atoms with van der Waals surface area (Å²) in [4.78, 5) is 5.61. The van der Waals surface area contributed by atoms with Gasteiger partial charge in [0.25, 0.3) is 6.20 Å². The summed E-state index contributed by atoms with van der Waals surface area (Å²) in [5, 5.41) is 18.1. The largest absolute Gasteiger partial charge is 0.858 e. The number of aliphatic imine (C=N–C) groups is 1. The highest BCUT2D eigenvalue weighted by Crippen LogP contribution is 2.14. The average molecular weight is 286 g/mol. The molecule has 0 amide bonds. The van der Waals surface area contributed by atoms with Crippen LogP contribution in [0.4, 0.5) is 5.88 Å². The maximum absolute atomic E-state index is 12.0. The molecule has 6 nitrogen and oxygen atoms in total. The van der Waals surface area contributed by atoms with Gasteiger partial charge in [-0.3, -0.25) is 4.52 Å². The Morgan fingerprint density at radius 3 is 2.95 bits per heavy atom. The van der Waals surface area contributed by atoms with Crippen molar-refractivity contribution in [2.75, 3.05) is 11.6 Å². The lowest BCUT2D eigenvalue weighted by Gasteiger charge is -2.25. The zero-order chi connectivity index (χ0) is 14.7. The van der Waals surface area contributed by atoms with Gasteiger partial charge in [0, 0.05) is 0 Å². The number of piperidine rings is 1. The van der Waals surface area contributed by atoms with Gasteiger partial charge in [-0.1, -0.05) is 30.3 Å². The van der Waals surface area contributed by atoms with Gasteiger partial charge in [-0.2, -0.15) is 5.01 Å². The summed E-state index contributed by atoms with van der Waals surface area (Å²) in [6, 6.07) is 9.33. The summed E-state index contributed by atoms with van der Waals surface area (Å²) >= 11 is 0. The summed E-state index contributed by atoms with van der Waals surface area (Å²) in [6.07, 6.45) is 5.16. The molecule has 1 aromatic heterocycles. The molecule has 6 heteroatoms. The average Bonchev–Trinajstić information content (AvgIpc) is 2.97. The number of benzene rings is 1. The van der Waals surface area contributed by atoms with Gasteiger partial charge in [0.2, 0.25) is 5.27 Å². The molecular weight excluding hydrogens is 268 g/mol. The Hall–Kier alpha value is -2.37. The topological polar surface area (TPSA) is 68.6 Å². The van der Waals surface area contributed by atoms with E-state index in [4.69, 9.17) is 4.52 Å². The van der Waals surface area contributed by atoms with Gasteiger partial charge < -0.3 is 5.11 Å². The lowest BCUT2D eigenvalue weighted by Crippen LogP contribution is -2.64. The molecule has 0 spiro atoms. The lowest BCUT2D eigenvalue weighted by molar-refractivity contribution is -0.762. The molecule has 0 saturated carbocycles. The van der Waals surface area contributed by atoms with Gasteiger partial charge in [-0.25, -0.2) is 4.99 Å². The number of hydrogen-bond acceptors (Lipinski definition) is 5. The second-order valence-corrected chi connectivity index (χ2v) is 5.25. The molecule has 1 aliphatic heterocycles. The Balaban J connectivity index is 1.79. The molecule has 1 fully saturated rings. The highest BCUT2D eigenvalue weighted by molar-refractivity contribution is 5.91. The maximum atomic E-state index is 12.0. The first-order chi connectivity index (χ1) is 10.2. The van der Waals surface area contributed by atoms with Crippen LogP contribution in [0.1, 0.15) is 31.7 Å².